The minimum absolute atomic E-state index is 0.00859. The molecule has 0 bridgehead atoms. The van der Waals surface area contributed by atoms with Crippen molar-refractivity contribution in [2.24, 2.45) is 21.7 Å². The van der Waals surface area contributed by atoms with Gasteiger partial charge in [0.25, 0.3) is 0 Å². The second kappa shape index (κ2) is 42.9. The predicted octanol–water partition coefficient (Wildman–Crippen LogP) is 11.4. The molecule has 0 heterocycles. The number of phenols is 5. The maximum atomic E-state index is 13.3. The fourth-order valence-corrected chi connectivity index (χ4v) is 14.6. The molecule has 0 amide bonds. The summed E-state index contributed by atoms with van der Waals surface area (Å²) >= 11 is 0. The zero-order chi connectivity index (χ0) is 93.2. The summed E-state index contributed by atoms with van der Waals surface area (Å²) in [7, 11) is 89.7. The first-order valence-electron chi connectivity index (χ1n) is 41.4. The number of carbonyl (C=O) groups excluding carboxylic acids is 2. The highest BCUT2D eigenvalue weighted by Crippen LogP contribution is 2.48. The molecular formula is C82H117B28O7P. The van der Waals surface area contributed by atoms with Gasteiger partial charge in [-0.3, -0.25) is 9.59 Å². The van der Waals surface area contributed by atoms with E-state index in [9.17, 15) is 24.9 Å². The van der Waals surface area contributed by atoms with Crippen molar-refractivity contribution in [3.05, 3.63) is 182 Å². The number of allylic oxidation sites excluding steroid dienone is 10. The topological polar surface area (TPSA) is 135 Å². The lowest BCUT2D eigenvalue weighted by atomic mass is 8.34. The molecule has 5 N–H and O–H groups in total. The quantitative estimate of drug-likeness (QED) is 0.0585. The first-order valence-corrected chi connectivity index (χ1v) is 41.4. The van der Waals surface area contributed by atoms with Crippen molar-refractivity contribution in [2.45, 2.75) is 240 Å². The van der Waals surface area contributed by atoms with Gasteiger partial charge in [-0.1, -0.05) is 250 Å². The second-order valence-corrected chi connectivity index (χ2v) is 42.4. The largest absolute Gasteiger partial charge is 0.508 e. The number of hydrogen-bond donors (Lipinski definition) is 5. The van der Waals surface area contributed by atoms with Gasteiger partial charge in [0.15, 0.2) is 11.6 Å². The van der Waals surface area contributed by atoms with Gasteiger partial charge in [0.2, 0.25) is 0 Å². The SMILES string of the molecule is CC(C)(C)C1=CC(=C2C=C(C(C)(C)C)C(=O)C(C(C)(C)C)=C2)C=C(C(C)(C)C)C1=O.CC(C)(C)c1cc(-c2cc(C(C)(C)C)c(O)c(C(C)(C)C)c2)cc(C(C)(C)C)c1O.CC(C)(C)c1cccc(C(C)(C)C)c1O.Oc1ccc(-c2ccc(O)cc2)cc1.[3H]B([B])P.[B]B([B])B(B([B])[B])B(B([B])[B])B(B(B([B])[B])B([B])[B])B(B([B])[B])B([B])[B]. The Morgan fingerprint density at radius 3 is 0.627 bits per heavy atom. The highest BCUT2D eigenvalue weighted by molar-refractivity contribution is 8.25. The van der Waals surface area contributed by atoms with Crippen molar-refractivity contribution in [2.75, 3.05) is 0 Å². The number of phenolic OH excluding ortho intramolecular Hbond substituents is 5. The number of rotatable bonds is 13. The molecule has 0 saturated heterocycles. The summed E-state index contributed by atoms with van der Waals surface area (Å²) in [5, 5.41) is 50.7. The Morgan fingerprint density at radius 2 is 0.458 bits per heavy atom. The molecule has 118 heavy (non-hydrogen) atoms. The van der Waals surface area contributed by atoms with Crippen LogP contribution in [-0.4, -0.2) is 238 Å². The van der Waals surface area contributed by atoms with Crippen LogP contribution in [0.15, 0.2) is 149 Å². The van der Waals surface area contributed by atoms with Gasteiger partial charge in [-0.15, -0.1) is 0 Å². The molecule has 1 unspecified atom stereocenters. The molecule has 576 valence electrons. The Kier molecular flexibility index (Phi) is 39.1. The van der Waals surface area contributed by atoms with E-state index in [2.05, 4.69) is 241 Å². The molecule has 2 aliphatic carbocycles. The van der Waals surface area contributed by atoms with Crippen LogP contribution < -0.4 is 0 Å². The van der Waals surface area contributed by atoms with Gasteiger partial charge in [-0.25, -0.2) is 0 Å². The van der Waals surface area contributed by atoms with Crippen molar-refractivity contribution in [3.8, 4) is 51.0 Å². The van der Waals surface area contributed by atoms with E-state index in [0.717, 1.165) is 89.1 Å². The van der Waals surface area contributed by atoms with Crippen LogP contribution in [0.4, 0.5) is 0 Å². The van der Waals surface area contributed by atoms with Crippen molar-refractivity contribution < 1.29 is 35.1 Å². The summed E-state index contributed by atoms with van der Waals surface area (Å²) < 4.78 is 6.32. The Labute approximate surface area is 746 Å². The van der Waals surface area contributed by atoms with E-state index >= 15 is 0 Å². The predicted molar refractivity (Wildman–Crippen MR) is 550 cm³/mol. The average Bonchev–Trinajstić information content (AvgIpc) is 0.760. The molecule has 5 aromatic rings. The lowest BCUT2D eigenvalue weighted by Crippen LogP contribution is -2.86. The third kappa shape index (κ3) is 31.0. The Morgan fingerprint density at radius 1 is 0.280 bits per heavy atom. The van der Waals surface area contributed by atoms with Crippen molar-refractivity contribution >= 4 is 220 Å². The molecule has 0 aliphatic heterocycles. The third-order valence-corrected chi connectivity index (χ3v) is 21.1. The Balaban J connectivity index is 0.000000511. The number of para-hydroxylation sites is 1. The van der Waals surface area contributed by atoms with Crippen LogP contribution in [0.25, 0.3) is 22.3 Å². The van der Waals surface area contributed by atoms with E-state index in [1.54, 1.807) is 24.3 Å². The molecule has 7 nitrogen and oxygen atoms in total. The van der Waals surface area contributed by atoms with Gasteiger partial charge >= 0.3 is 0 Å². The van der Waals surface area contributed by atoms with Gasteiger partial charge in [-0.05, 0) is 173 Å². The summed E-state index contributed by atoms with van der Waals surface area (Å²) in [4.78, 5) is 26.6. The second-order valence-electron chi connectivity index (χ2n) is 42.1. The van der Waals surface area contributed by atoms with Crippen LogP contribution in [0, 0.1) is 21.7 Å². The van der Waals surface area contributed by atoms with Crippen LogP contribution in [0.1, 0.15) is 241 Å². The van der Waals surface area contributed by atoms with E-state index in [1.165, 1.54) is 0 Å². The van der Waals surface area contributed by atoms with Gasteiger partial charge in [0.1, 0.15) is 28.7 Å². The number of hydrogen-bond acceptors (Lipinski definition) is 7. The molecule has 7 rings (SSSR count). The monoisotopic (exact) mass is 1560 g/mol. The molecule has 30 radical (unpaired) electrons. The van der Waals surface area contributed by atoms with Crippen molar-refractivity contribution in [1.29, 1.82) is 1.34 Å². The van der Waals surface area contributed by atoms with Crippen molar-refractivity contribution in [1.82, 2.24) is 0 Å². The van der Waals surface area contributed by atoms with E-state index in [4.69, 9.17) is 128 Å². The van der Waals surface area contributed by atoms with Gasteiger partial charge in [-0.2, -0.15) is 9.12 Å². The first-order chi connectivity index (χ1) is 53.4. The minimum Gasteiger partial charge on any atom is -0.508 e. The number of Topliss-reactive ketones (excluding diaryl/α,β-unsaturated/α-hetero) is 2. The van der Waals surface area contributed by atoms with E-state index in [0.29, 0.717) is 17.2 Å². The molecule has 0 saturated carbocycles. The third-order valence-electron chi connectivity index (χ3n) is 21.1. The molecule has 36 heteroatoms. The highest BCUT2D eigenvalue weighted by atomic mass is 31.0. The summed E-state index contributed by atoms with van der Waals surface area (Å²) in [6, 6.07) is 28.4. The maximum absolute atomic E-state index is 13.3. The van der Waals surface area contributed by atoms with Gasteiger partial charge in [0.05, 0.1) is 6.85 Å². The zero-order valence-electron chi connectivity index (χ0n) is 78.3. The fraction of sp³-hybridized carbons (Fsp3) is 0.488. The smallest absolute Gasteiger partial charge is 0.186 e. The molecule has 2 aliphatic rings. The minimum atomic E-state index is -1.02. The normalized spacial score (nSPS) is 13.5. The molecule has 0 aromatic heterocycles. The Bertz CT molecular complexity index is 3960. The Hall–Kier alpha value is -4.61. The number of ketones is 2. The summed E-state index contributed by atoms with van der Waals surface area (Å²) in [5.74, 6) is 2.02. The summed E-state index contributed by atoms with van der Waals surface area (Å²) in [5.41, 5.74) is 13.6. The van der Waals surface area contributed by atoms with Crippen molar-refractivity contribution in [3.63, 3.8) is 0 Å². The molecule has 5 aromatic carbocycles. The van der Waals surface area contributed by atoms with Crippen LogP contribution >= 0.6 is 9.12 Å². The van der Waals surface area contributed by atoms with E-state index in [1.807, 2.05) is 66.8 Å². The van der Waals surface area contributed by atoms with E-state index in [-0.39, 0.29) is 77.2 Å². The maximum Gasteiger partial charge on any atom is 0.186 e. The summed E-state index contributed by atoms with van der Waals surface area (Å²) in [6.45, 7) is 62.9. The number of benzene rings is 5. The van der Waals surface area contributed by atoms with E-state index < -0.39 is 83.5 Å². The summed E-state index contributed by atoms with van der Waals surface area (Å²) in [6.07, 6.45) is -2.71. The standard InChI is InChI=1S/C28H42O2.C28H40O2.C14H22O.C12H10O2.B26.B2H3P/c2*1-25(2,3)19-13-17(14-20(23(19)29)26(4,5)6)18-15-21(27(7,8)9)24(30)22(16-18)28(10,11)12;1-13(2,3)10-8-7-9-11(12(10)15)14(4,5)6;13-11-5-1-9(2-6-11)10-3-7-12(14)8-4-10;1-15(2)22(16(3)4)25(21(13)14)26(23(17(5)6)18(7)8)24(19(9)10)20(11)12;1-2-3/h13-16,29-30H,1-12H3;13-16H,1-12H3;7-9,15H,1-6H3;1-8,13-14H;;2H,3H2/i;;;;;2T. The van der Waals surface area contributed by atoms with Crippen LogP contribution in [0.2, 0.25) is 0 Å². The molecule has 1 atom stereocenters. The molecule has 0 fully saturated rings. The van der Waals surface area contributed by atoms with Crippen LogP contribution in [0.3, 0.4) is 0 Å². The lowest BCUT2D eigenvalue weighted by Gasteiger charge is -2.48. The number of aromatic hydroxyl groups is 5. The van der Waals surface area contributed by atoms with Gasteiger partial charge in [0, 0.05) is 237 Å². The van der Waals surface area contributed by atoms with Crippen LogP contribution in [-0.2, 0) is 42.1 Å². The fourth-order valence-electron chi connectivity index (χ4n) is 14.6. The first kappa shape index (κ1) is 108. The highest BCUT2D eigenvalue weighted by Gasteiger charge is 2.50. The van der Waals surface area contributed by atoms with Crippen LogP contribution in [0.5, 0.6) is 28.7 Å². The zero-order valence-corrected chi connectivity index (χ0v) is 78.4. The van der Waals surface area contributed by atoms with Gasteiger partial charge < -0.3 is 25.5 Å². The molecule has 0 spiro atoms. The lowest BCUT2D eigenvalue weighted by molar-refractivity contribution is -0.114. The average molecular weight is 1550 g/mol. The number of carbonyl (C=O) groups is 2. The molecular weight excluding hydrogens is 1430 g/mol.